The minimum atomic E-state index is -0.00596. The lowest BCUT2D eigenvalue weighted by atomic mass is 10.1. The molecular weight excluding hydrogens is 316 g/mol. The van der Waals surface area contributed by atoms with E-state index in [1.165, 1.54) is 26.9 Å². The molecule has 24 heavy (non-hydrogen) atoms. The third-order valence-corrected chi connectivity index (χ3v) is 5.97. The van der Waals surface area contributed by atoms with Crippen LogP contribution in [-0.2, 0) is 11.2 Å². The van der Waals surface area contributed by atoms with Gasteiger partial charge in [-0.25, -0.2) is 0 Å². The van der Waals surface area contributed by atoms with Crippen molar-refractivity contribution in [2.24, 2.45) is 5.92 Å². The fourth-order valence-electron chi connectivity index (χ4n) is 2.77. The van der Waals surface area contributed by atoms with Gasteiger partial charge in [-0.15, -0.1) is 11.3 Å². The number of anilines is 1. The molecule has 3 nitrogen and oxygen atoms in total. The minimum Gasteiger partial charge on any atom is -0.326 e. The van der Waals surface area contributed by atoms with Crippen molar-refractivity contribution in [2.75, 3.05) is 18.9 Å². The molecule has 0 spiro atoms. The van der Waals surface area contributed by atoms with Gasteiger partial charge in [0.1, 0.15) is 0 Å². The normalized spacial score (nSPS) is 13.0. The Morgan fingerprint density at radius 3 is 2.62 bits per heavy atom. The summed E-state index contributed by atoms with van der Waals surface area (Å²) in [7, 11) is 2.20. The van der Waals surface area contributed by atoms with Crippen molar-refractivity contribution < 1.29 is 4.79 Å². The van der Waals surface area contributed by atoms with Crippen LogP contribution in [0.5, 0.6) is 0 Å². The molecule has 1 unspecified atom stereocenters. The number of hydrogen-bond donors (Lipinski definition) is 1. The van der Waals surface area contributed by atoms with Crippen LogP contribution in [0.25, 0.3) is 10.1 Å². The van der Waals surface area contributed by atoms with Crippen LogP contribution < -0.4 is 5.32 Å². The standard InChI is InChI=1S/C20H30N2OS/c1-7-14(4)22(6)11-10-17-15(5)24-19-9-8-16(12-18(17)19)21-20(23)13(2)3/h8-9,12-14H,7,10-11H2,1-6H3,(H,21,23). The number of aryl methyl sites for hydroxylation is 1. The molecule has 1 aromatic heterocycles. The Morgan fingerprint density at radius 2 is 2.00 bits per heavy atom. The van der Waals surface area contributed by atoms with Gasteiger partial charge in [-0.05, 0) is 62.9 Å². The molecule has 0 fully saturated rings. The molecule has 1 aromatic carbocycles. The predicted octanol–water partition coefficient (Wildman–Crippen LogP) is 5.08. The molecule has 0 aliphatic rings. The van der Waals surface area contributed by atoms with E-state index in [-0.39, 0.29) is 11.8 Å². The van der Waals surface area contributed by atoms with Crippen molar-refractivity contribution in [3.8, 4) is 0 Å². The first-order valence-corrected chi connectivity index (χ1v) is 9.68. The van der Waals surface area contributed by atoms with Gasteiger partial charge in [-0.3, -0.25) is 4.79 Å². The molecule has 1 amide bonds. The first kappa shape index (κ1) is 18.9. The van der Waals surface area contributed by atoms with Gasteiger partial charge in [0.25, 0.3) is 0 Å². The van der Waals surface area contributed by atoms with Crippen molar-refractivity contribution in [1.29, 1.82) is 0 Å². The molecule has 132 valence electrons. The quantitative estimate of drug-likeness (QED) is 0.758. The Bertz CT molecular complexity index is 705. The molecule has 2 aromatic rings. The number of thiophene rings is 1. The molecule has 1 N–H and O–H groups in total. The molecule has 0 bridgehead atoms. The highest BCUT2D eigenvalue weighted by molar-refractivity contribution is 7.19. The van der Waals surface area contributed by atoms with E-state index < -0.39 is 0 Å². The summed E-state index contributed by atoms with van der Waals surface area (Å²) in [6.07, 6.45) is 2.22. The summed E-state index contributed by atoms with van der Waals surface area (Å²) in [4.78, 5) is 15.8. The molecule has 0 aliphatic heterocycles. The lowest BCUT2D eigenvalue weighted by Gasteiger charge is -2.23. The second-order valence-corrected chi connectivity index (χ2v) is 8.24. The number of fused-ring (bicyclic) bond motifs is 1. The summed E-state index contributed by atoms with van der Waals surface area (Å²) < 4.78 is 1.30. The average Bonchev–Trinajstić information content (AvgIpc) is 2.86. The van der Waals surface area contributed by atoms with Crippen molar-refractivity contribution in [2.45, 2.75) is 53.5 Å². The topological polar surface area (TPSA) is 32.3 Å². The van der Waals surface area contributed by atoms with E-state index >= 15 is 0 Å². The van der Waals surface area contributed by atoms with Gasteiger partial charge in [0, 0.05) is 33.8 Å². The third-order valence-electron chi connectivity index (χ3n) is 4.84. The van der Waals surface area contributed by atoms with E-state index in [0.29, 0.717) is 6.04 Å². The van der Waals surface area contributed by atoms with Gasteiger partial charge in [-0.2, -0.15) is 0 Å². The Labute approximate surface area is 150 Å². The number of benzene rings is 1. The molecule has 2 rings (SSSR count). The van der Waals surface area contributed by atoms with E-state index in [4.69, 9.17) is 0 Å². The van der Waals surface area contributed by atoms with Crippen LogP contribution in [0.2, 0.25) is 0 Å². The molecule has 0 aliphatic carbocycles. The van der Waals surface area contributed by atoms with E-state index in [1.807, 2.05) is 31.3 Å². The SMILES string of the molecule is CCC(C)N(C)CCc1c(C)sc2ccc(NC(=O)C(C)C)cc12. The van der Waals surface area contributed by atoms with Gasteiger partial charge in [0.15, 0.2) is 0 Å². The molecule has 0 saturated heterocycles. The number of nitrogens with zero attached hydrogens (tertiary/aromatic N) is 1. The summed E-state index contributed by atoms with van der Waals surface area (Å²) in [6.45, 7) is 11.6. The zero-order valence-electron chi connectivity index (χ0n) is 15.8. The van der Waals surface area contributed by atoms with Crippen LogP contribution in [0, 0.1) is 12.8 Å². The van der Waals surface area contributed by atoms with Crippen LogP contribution in [0.1, 0.15) is 44.6 Å². The van der Waals surface area contributed by atoms with Crippen molar-refractivity contribution >= 4 is 33.0 Å². The maximum atomic E-state index is 11.9. The second kappa shape index (κ2) is 8.13. The lowest BCUT2D eigenvalue weighted by Crippen LogP contribution is -2.30. The summed E-state index contributed by atoms with van der Waals surface area (Å²) in [5.74, 6) is 0.0629. The predicted molar refractivity (Wildman–Crippen MR) is 106 cm³/mol. The highest BCUT2D eigenvalue weighted by Gasteiger charge is 2.14. The molecule has 0 saturated carbocycles. The van der Waals surface area contributed by atoms with Gasteiger partial charge in [-0.1, -0.05) is 20.8 Å². The number of likely N-dealkylation sites (N-methyl/N-ethyl adjacent to an activating group) is 1. The maximum Gasteiger partial charge on any atom is 0.226 e. The fourth-order valence-corrected chi connectivity index (χ4v) is 3.86. The second-order valence-electron chi connectivity index (χ2n) is 6.98. The molecule has 4 heteroatoms. The summed E-state index contributed by atoms with van der Waals surface area (Å²) in [6, 6.07) is 6.88. The monoisotopic (exact) mass is 346 g/mol. The number of rotatable bonds is 7. The Kier molecular flexibility index (Phi) is 6.41. The van der Waals surface area contributed by atoms with Crippen LogP contribution in [0.4, 0.5) is 5.69 Å². The fraction of sp³-hybridized carbons (Fsp3) is 0.550. The zero-order valence-corrected chi connectivity index (χ0v) is 16.6. The van der Waals surface area contributed by atoms with Gasteiger partial charge in [0.05, 0.1) is 0 Å². The van der Waals surface area contributed by atoms with Crippen LogP contribution >= 0.6 is 11.3 Å². The van der Waals surface area contributed by atoms with Gasteiger partial charge in [0.2, 0.25) is 5.91 Å². The average molecular weight is 347 g/mol. The highest BCUT2D eigenvalue weighted by Crippen LogP contribution is 2.33. The smallest absolute Gasteiger partial charge is 0.226 e. The summed E-state index contributed by atoms with van der Waals surface area (Å²) in [5, 5.41) is 4.31. The van der Waals surface area contributed by atoms with E-state index in [9.17, 15) is 4.79 Å². The number of carbonyl (C=O) groups is 1. The van der Waals surface area contributed by atoms with E-state index in [0.717, 1.165) is 18.7 Å². The first-order chi connectivity index (χ1) is 11.3. The Hall–Kier alpha value is -1.39. The van der Waals surface area contributed by atoms with Crippen LogP contribution in [0.3, 0.4) is 0 Å². The van der Waals surface area contributed by atoms with Crippen LogP contribution in [-0.4, -0.2) is 30.4 Å². The van der Waals surface area contributed by atoms with Gasteiger partial charge >= 0.3 is 0 Å². The molecular formula is C20H30N2OS. The maximum absolute atomic E-state index is 11.9. The molecule has 0 radical (unpaired) electrons. The number of hydrogen-bond acceptors (Lipinski definition) is 3. The minimum absolute atomic E-state index is 0.00596. The summed E-state index contributed by atoms with van der Waals surface area (Å²) in [5.41, 5.74) is 2.32. The molecule has 1 heterocycles. The number of nitrogens with one attached hydrogen (secondary N) is 1. The van der Waals surface area contributed by atoms with E-state index in [1.54, 1.807) is 0 Å². The summed E-state index contributed by atoms with van der Waals surface area (Å²) >= 11 is 1.85. The van der Waals surface area contributed by atoms with Gasteiger partial charge < -0.3 is 10.2 Å². The first-order valence-electron chi connectivity index (χ1n) is 8.86. The number of carbonyl (C=O) groups excluding carboxylic acids is 1. The lowest BCUT2D eigenvalue weighted by molar-refractivity contribution is -0.118. The van der Waals surface area contributed by atoms with E-state index in [2.05, 4.69) is 50.2 Å². The number of amides is 1. The van der Waals surface area contributed by atoms with Crippen molar-refractivity contribution in [3.63, 3.8) is 0 Å². The largest absolute Gasteiger partial charge is 0.326 e. The highest BCUT2D eigenvalue weighted by atomic mass is 32.1. The zero-order chi connectivity index (χ0) is 17.9. The third kappa shape index (κ3) is 4.37. The van der Waals surface area contributed by atoms with Crippen molar-refractivity contribution in [3.05, 3.63) is 28.6 Å². The van der Waals surface area contributed by atoms with Crippen LogP contribution in [0.15, 0.2) is 18.2 Å². The van der Waals surface area contributed by atoms with Crippen molar-refractivity contribution in [1.82, 2.24) is 4.90 Å². The Morgan fingerprint density at radius 1 is 1.29 bits per heavy atom. The molecule has 1 atom stereocenters. The Balaban J connectivity index is 2.22.